The molecule has 16 heavy (non-hydrogen) atoms. The van der Waals surface area contributed by atoms with Crippen LogP contribution in [0.5, 0.6) is 0 Å². The first-order valence-corrected chi connectivity index (χ1v) is 4.74. The molecular weight excluding hydrogens is 209 g/mol. The van der Waals surface area contributed by atoms with Gasteiger partial charge in [-0.2, -0.15) is 0 Å². The summed E-state index contributed by atoms with van der Waals surface area (Å²) in [5, 5.41) is 3.69. The quantitative estimate of drug-likeness (QED) is 0.339. The van der Waals surface area contributed by atoms with Crippen LogP contribution in [0.2, 0.25) is 0 Å². The van der Waals surface area contributed by atoms with Gasteiger partial charge < -0.3 is 4.84 Å². The average molecular weight is 221 g/mol. The van der Waals surface area contributed by atoms with E-state index < -0.39 is 5.97 Å². The summed E-state index contributed by atoms with van der Waals surface area (Å²) >= 11 is 0. The van der Waals surface area contributed by atoms with E-state index in [2.05, 4.69) is 16.6 Å². The van der Waals surface area contributed by atoms with Crippen molar-refractivity contribution in [2.75, 3.05) is 0 Å². The predicted molar refractivity (Wildman–Crippen MR) is 59.5 cm³/mol. The second-order valence-corrected chi connectivity index (χ2v) is 3.12. The smallest absolute Gasteiger partial charge is 0.318 e. The van der Waals surface area contributed by atoms with Crippen molar-refractivity contribution in [1.29, 1.82) is 0 Å². The molecule has 0 saturated heterocycles. The highest BCUT2D eigenvalue weighted by molar-refractivity contribution is 6.01. The van der Waals surface area contributed by atoms with Gasteiger partial charge in [0.2, 0.25) is 0 Å². The highest BCUT2D eigenvalue weighted by atomic mass is 19.1. The molecule has 0 aliphatic rings. The van der Waals surface area contributed by atoms with Gasteiger partial charge in [-0.3, -0.25) is 0 Å². The van der Waals surface area contributed by atoms with Crippen LogP contribution in [-0.4, -0.2) is 11.7 Å². The van der Waals surface area contributed by atoms with Crippen LogP contribution in [0.15, 0.2) is 42.1 Å². The lowest BCUT2D eigenvalue weighted by Crippen LogP contribution is -2.03. The summed E-state index contributed by atoms with van der Waals surface area (Å²) in [6.45, 7) is 4.84. The lowest BCUT2D eigenvalue weighted by Gasteiger charge is -2.02. The zero-order chi connectivity index (χ0) is 12.0. The molecule has 0 spiro atoms. The maximum Gasteiger partial charge on any atom is 0.331 e. The molecule has 0 atom stereocenters. The van der Waals surface area contributed by atoms with Crippen molar-refractivity contribution < 1.29 is 14.0 Å². The third-order valence-electron chi connectivity index (χ3n) is 1.80. The van der Waals surface area contributed by atoms with Gasteiger partial charge in [0.05, 0.1) is 5.71 Å². The first-order chi connectivity index (χ1) is 7.63. The summed E-state index contributed by atoms with van der Waals surface area (Å²) in [6, 6.07) is 5.78. The number of rotatable bonds is 4. The molecule has 0 aromatic heterocycles. The molecule has 0 radical (unpaired) electrons. The Hall–Kier alpha value is -1.97. The first-order valence-electron chi connectivity index (χ1n) is 4.74. The van der Waals surface area contributed by atoms with Crippen molar-refractivity contribution in [2.45, 2.75) is 13.3 Å². The second kappa shape index (κ2) is 5.80. The normalized spacial score (nSPS) is 11.0. The number of oxime groups is 1. The van der Waals surface area contributed by atoms with Crippen molar-refractivity contribution in [1.82, 2.24) is 0 Å². The van der Waals surface area contributed by atoms with Crippen LogP contribution in [-0.2, 0) is 9.63 Å². The SMILES string of the molecule is C=CC/C(=N\OC(C)=O)c1ccc(F)cc1. The maximum absolute atomic E-state index is 12.7. The third-order valence-corrected chi connectivity index (χ3v) is 1.80. The summed E-state index contributed by atoms with van der Waals surface area (Å²) in [6.07, 6.45) is 2.07. The molecule has 0 fully saturated rings. The molecular formula is C12H12FNO2. The van der Waals surface area contributed by atoms with E-state index in [9.17, 15) is 9.18 Å². The second-order valence-electron chi connectivity index (χ2n) is 3.12. The molecule has 3 nitrogen and oxygen atoms in total. The Bertz CT molecular complexity index is 410. The van der Waals surface area contributed by atoms with E-state index in [0.717, 1.165) is 0 Å². The Morgan fingerprint density at radius 3 is 2.62 bits per heavy atom. The van der Waals surface area contributed by atoms with Crippen molar-refractivity contribution in [3.8, 4) is 0 Å². The van der Waals surface area contributed by atoms with Gasteiger partial charge in [0.1, 0.15) is 5.82 Å². The molecule has 1 aromatic carbocycles. The van der Waals surface area contributed by atoms with Crippen LogP contribution in [0, 0.1) is 5.82 Å². The molecule has 0 aliphatic heterocycles. The number of allylic oxidation sites excluding steroid dienone is 1. The summed E-state index contributed by atoms with van der Waals surface area (Å²) in [5.74, 6) is -0.821. The van der Waals surface area contributed by atoms with Gasteiger partial charge in [-0.1, -0.05) is 23.4 Å². The van der Waals surface area contributed by atoms with Crippen molar-refractivity contribution >= 4 is 11.7 Å². The van der Waals surface area contributed by atoms with Gasteiger partial charge in [-0.05, 0) is 17.7 Å². The van der Waals surface area contributed by atoms with E-state index >= 15 is 0 Å². The number of hydrogen-bond acceptors (Lipinski definition) is 3. The number of carbonyl (C=O) groups is 1. The van der Waals surface area contributed by atoms with Gasteiger partial charge in [-0.25, -0.2) is 9.18 Å². The topological polar surface area (TPSA) is 38.7 Å². The maximum atomic E-state index is 12.7. The summed E-state index contributed by atoms with van der Waals surface area (Å²) in [7, 11) is 0. The zero-order valence-corrected chi connectivity index (χ0v) is 8.94. The molecule has 0 heterocycles. The number of carbonyl (C=O) groups excluding carboxylic acids is 1. The highest BCUT2D eigenvalue weighted by Crippen LogP contribution is 2.08. The van der Waals surface area contributed by atoms with Gasteiger partial charge in [0.15, 0.2) is 0 Å². The van der Waals surface area contributed by atoms with Gasteiger partial charge in [0, 0.05) is 13.3 Å². The zero-order valence-electron chi connectivity index (χ0n) is 8.94. The van der Waals surface area contributed by atoms with E-state index in [4.69, 9.17) is 0 Å². The van der Waals surface area contributed by atoms with Crippen molar-refractivity contribution in [2.24, 2.45) is 5.16 Å². The van der Waals surface area contributed by atoms with E-state index in [1.807, 2.05) is 0 Å². The fraction of sp³-hybridized carbons (Fsp3) is 0.167. The van der Waals surface area contributed by atoms with Crippen LogP contribution >= 0.6 is 0 Å². The summed E-state index contributed by atoms with van der Waals surface area (Å²) in [4.78, 5) is 15.2. The Morgan fingerprint density at radius 1 is 1.50 bits per heavy atom. The molecule has 84 valence electrons. The minimum atomic E-state index is -0.497. The Balaban J connectivity index is 2.92. The fourth-order valence-corrected chi connectivity index (χ4v) is 1.11. The molecule has 0 saturated carbocycles. The van der Waals surface area contributed by atoms with Gasteiger partial charge in [0.25, 0.3) is 0 Å². The van der Waals surface area contributed by atoms with Crippen molar-refractivity contribution in [3.63, 3.8) is 0 Å². The fourth-order valence-electron chi connectivity index (χ4n) is 1.11. The lowest BCUT2D eigenvalue weighted by molar-refractivity contribution is -0.140. The van der Waals surface area contributed by atoms with Crippen LogP contribution in [0.3, 0.4) is 0 Å². The van der Waals surface area contributed by atoms with E-state index in [1.165, 1.54) is 19.1 Å². The van der Waals surface area contributed by atoms with Crippen LogP contribution in [0.25, 0.3) is 0 Å². The molecule has 0 bridgehead atoms. The van der Waals surface area contributed by atoms with Gasteiger partial charge >= 0.3 is 5.97 Å². The van der Waals surface area contributed by atoms with E-state index in [0.29, 0.717) is 17.7 Å². The predicted octanol–water partition coefficient (Wildman–Crippen LogP) is 2.67. The van der Waals surface area contributed by atoms with Crippen LogP contribution in [0.1, 0.15) is 18.9 Å². The summed E-state index contributed by atoms with van der Waals surface area (Å²) < 4.78 is 12.7. The highest BCUT2D eigenvalue weighted by Gasteiger charge is 2.03. The minimum Gasteiger partial charge on any atom is -0.318 e. The Kier molecular flexibility index (Phi) is 4.39. The molecule has 0 aliphatic carbocycles. The largest absolute Gasteiger partial charge is 0.331 e. The average Bonchev–Trinajstić information content (AvgIpc) is 2.25. The van der Waals surface area contributed by atoms with Crippen molar-refractivity contribution in [3.05, 3.63) is 48.3 Å². The van der Waals surface area contributed by atoms with E-state index in [1.54, 1.807) is 18.2 Å². The molecule has 0 unspecified atom stereocenters. The molecule has 1 rings (SSSR count). The number of halogens is 1. The van der Waals surface area contributed by atoms with E-state index in [-0.39, 0.29) is 5.82 Å². The molecule has 0 N–H and O–H groups in total. The standard InChI is InChI=1S/C12H12FNO2/c1-3-4-12(14-16-9(2)15)10-5-7-11(13)8-6-10/h3,5-8H,1,4H2,2H3/b14-12+. The summed E-state index contributed by atoms with van der Waals surface area (Å²) in [5.41, 5.74) is 1.23. The minimum absolute atomic E-state index is 0.325. The molecule has 0 amide bonds. The van der Waals surface area contributed by atoms with Crippen LogP contribution < -0.4 is 0 Å². The van der Waals surface area contributed by atoms with Gasteiger partial charge in [-0.15, -0.1) is 6.58 Å². The third kappa shape index (κ3) is 3.65. The Morgan fingerprint density at radius 2 is 2.12 bits per heavy atom. The molecule has 4 heteroatoms. The molecule has 1 aromatic rings. The first kappa shape index (κ1) is 12.1. The number of benzene rings is 1. The Labute approximate surface area is 93.2 Å². The lowest BCUT2D eigenvalue weighted by atomic mass is 10.1. The van der Waals surface area contributed by atoms with Crippen LogP contribution in [0.4, 0.5) is 4.39 Å². The number of nitrogens with zero attached hydrogens (tertiary/aromatic N) is 1. The monoisotopic (exact) mass is 221 g/mol. The number of hydrogen-bond donors (Lipinski definition) is 0.